The third kappa shape index (κ3) is 3.41. The van der Waals surface area contributed by atoms with Crippen molar-refractivity contribution >= 4 is 12.3 Å². The molecular weight excluding hydrogens is 216 g/mol. The lowest BCUT2D eigenvalue weighted by atomic mass is 9.82. The number of ether oxygens (including phenoxy) is 1. The van der Waals surface area contributed by atoms with E-state index in [0.29, 0.717) is 0 Å². The van der Waals surface area contributed by atoms with Crippen molar-refractivity contribution in [2.24, 2.45) is 5.92 Å². The van der Waals surface area contributed by atoms with Crippen LogP contribution in [0.1, 0.15) is 31.2 Å². The predicted molar refractivity (Wildman–Crippen MR) is 65.7 cm³/mol. The Morgan fingerprint density at radius 1 is 1.35 bits per heavy atom. The molecule has 0 saturated heterocycles. The summed E-state index contributed by atoms with van der Waals surface area (Å²) < 4.78 is 4.77. The quantitative estimate of drug-likeness (QED) is 0.561. The van der Waals surface area contributed by atoms with Gasteiger partial charge in [0.05, 0.1) is 13.0 Å². The van der Waals surface area contributed by atoms with Gasteiger partial charge in [-0.3, -0.25) is 4.79 Å². The second-order valence-corrected chi connectivity index (χ2v) is 3.96. The highest BCUT2D eigenvalue weighted by atomic mass is 16.5. The Hall–Kier alpha value is -1.64. The van der Waals surface area contributed by atoms with Crippen molar-refractivity contribution in [2.75, 3.05) is 7.11 Å². The molecule has 3 heteroatoms. The average Bonchev–Trinajstić information content (AvgIpc) is 2.39. The first-order chi connectivity index (χ1) is 8.24. The topological polar surface area (TPSA) is 43.4 Å². The van der Waals surface area contributed by atoms with Crippen molar-refractivity contribution in [1.82, 2.24) is 0 Å². The number of hydrogen-bond donors (Lipinski definition) is 0. The molecule has 17 heavy (non-hydrogen) atoms. The summed E-state index contributed by atoms with van der Waals surface area (Å²) in [6.45, 7) is 2.01. The molecule has 0 aliphatic heterocycles. The van der Waals surface area contributed by atoms with Gasteiger partial charge in [-0.25, -0.2) is 0 Å². The van der Waals surface area contributed by atoms with Gasteiger partial charge in [-0.15, -0.1) is 0 Å². The molecule has 0 aromatic heterocycles. The molecule has 0 saturated carbocycles. The fourth-order valence-electron chi connectivity index (χ4n) is 2.13. The molecule has 0 bridgehead atoms. The van der Waals surface area contributed by atoms with E-state index >= 15 is 0 Å². The number of hydrogen-bond acceptors (Lipinski definition) is 3. The molecule has 0 aliphatic carbocycles. The fourth-order valence-corrected chi connectivity index (χ4v) is 2.13. The van der Waals surface area contributed by atoms with Gasteiger partial charge in [0.1, 0.15) is 6.29 Å². The van der Waals surface area contributed by atoms with Crippen LogP contribution in [-0.4, -0.2) is 19.4 Å². The molecule has 0 fully saturated rings. The highest BCUT2D eigenvalue weighted by Gasteiger charge is 2.28. The largest absolute Gasteiger partial charge is 0.469 e. The van der Waals surface area contributed by atoms with Crippen LogP contribution in [0.5, 0.6) is 0 Å². The maximum absolute atomic E-state index is 11.7. The Kier molecular flexibility index (Phi) is 5.40. The zero-order chi connectivity index (χ0) is 12.7. The van der Waals surface area contributed by atoms with Gasteiger partial charge in [0, 0.05) is 6.42 Å². The molecule has 1 aromatic carbocycles. The molecule has 92 valence electrons. The van der Waals surface area contributed by atoms with E-state index in [1.165, 1.54) is 7.11 Å². The Bertz CT molecular complexity index is 359. The monoisotopic (exact) mass is 234 g/mol. The van der Waals surface area contributed by atoms with Crippen LogP contribution in [0.25, 0.3) is 0 Å². The van der Waals surface area contributed by atoms with E-state index in [2.05, 4.69) is 0 Å². The van der Waals surface area contributed by atoms with E-state index in [1.54, 1.807) is 0 Å². The highest BCUT2D eigenvalue weighted by Crippen LogP contribution is 2.30. The zero-order valence-corrected chi connectivity index (χ0v) is 10.3. The van der Waals surface area contributed by atoms with Crippen molar-refractivity contribution < 1.29 is 14.3 Å². The van der Waals surface area contributed by atoms with E-state index in [9.17, 15) is 9.59 Å². The van der Waals surface area contributed by atoms with Gasteiger partial charge in [0.25, 0.3) is 0 Å². The smallest absolute Gasteiger partial charge is 0.309 e. The number of aldehydes is 1. The summed E-state index contributed by atoms with van der Waals surface area (Å²) >= 11 is 0. The summed E-state index contributed by atoms with van der Waals surface area (Å²) in [7, 11) is 1.36. The lowest BCUT2D eigenvalue weighted by Gasteiger charge is -2.22. The lowest BCUT2D eigenvalue weighted by molar-refractivity contribution is -0.147. The van der Waals surface area contributed by atoms with E-state index in [-0.39, 0.29) is 24.2 Å². The van der Waals surface area contributed by atoms with Crippen molar-refractivity contribution in [3.8, 4) is 0 Å². The minimum Gasteiger partial charge on any atom is -0.469 e. The lowest BCUT2D eigenvalue weighted by Crippen LogP contribution is -2.24. The first-order valence-corrected chi connectivity index (χ1v) is 5.81. The normalized spacial score (nSPS) is 13.8. The van der Waals surface area contributed by atoms with Gasteiger partial charge < -0.3 is 9.53 Å². The number of carbonyl (C=O) groups excluding carboxylic acids is 2. The van der Waals surface area contributed by atoms with Gasteiger partial charge in [-0.2, -0.15) is 0 Å². The van der Waals surface area contributed by atoms with Crippen LogP contribution in [0.4, 0.5) is 0 Å². The van der Waals surface area contributed by atoms with Crippen LogP contribution in [0.3, 0.4) is 0 Å². The third-order valence-corrected chi connectivity index (χ3v) is 3.01. The van der Waals surface area contributed by atoms with Gasteiger partial charge in [0.15, 0.2) is 0 Å². The molecule has 0 spiro atoms. The number of rotatable bonds is 6. The number of methoxy groups -OCH3 is 1. The SMILES string of the molecule is CCC(c1ccccc1)[C@H](CC=O)C(=O)OC. The van der Waals surface area contributed by atoms with Crippen molar-refractivity contribution in [2.45, 2.75) is 25.7 Å². The molecule has 1 aromatic rings. The van der Waals surface area contributed by atoms with Crippen molar-refractivity contribution in [1.29, 1.82) is 0 Å². The minimum atomic E-state index is -0.384. The summed E-state index contributed by atoms with van der Waals surface area (Å²) in [6, 6.07) is 9.77. The molecular formula is C14H18O3. The minimum absolute atomic E-state index is 0.0360. The van der Waals surface area contributed by atoms with Crippen LogP contribution in [0.2, 0.25) is 0 Å². The number of esters is 1. The molecule has 0 radical (unpaired) electrons. The second kappa shape index (κ2) is 6.84. The van der Waals surface area contributed by atoms with E-state index in [0.717, 1.165) is 18.3 Å². The van der Waals surface area contributed by atoms with E-state index in [4.69, 9.17) is 4.74 Å². The maximum Gasteiger partial charge on any atom is 0.309 e. The summed E-state index contributed by atoms with van der Waals surface area (Å²) in [5.74, 6) is -0.661. The zero-order valence-electron chi connectivity index (χ0n) is 10.3. The molecule has 2 atom stereocenters. The Labute approximate surface area is 102 Å². The van der Waals surface area contributed by atoms with Gasteiger partial charge in [0.2, 0.25) is 0 Å². The van der Waals surface area contributed by atoms with Crippen molar-refractivity contribution in [3.63, 3.8) is 0 Å². The molecule has 0 heterocycles. The molecule has 0 amide bonds. The van der Waals surface area contributed by atoms with Gasteiger partial charge in [-0.1, -0.05) is 37.3 Å². The Balaban J connectivity index is 2.96. The van der Waals surface area contributed by atoms with E-state index < -0.39 is 0 Å². The molecule has 1 rings (SSSR count). The summed E-state index contributed by atoms with van der Waals surface area (Å²) in [5.41, 5.74) is 1.08. The number of carbonyl (C=O) groups is 2. The first kappa shape index (κ1) is 13.4. The second-order valence-electron chi connectivity index (χ2n) is 3.96. The van der Waals surface area contributed by atoms with E-state index in [1.807, 2.05) is 37.3 Å². The van der Waals surface area contributed by atoms with Crippen molar-refractivity contribution in [3.05, 3.63) is 35.9 Å². The first-order valence-electron chi connectivity index (χ1n) is 5.81. The average molecular weight is 234 g/mol. The third-order valence-electron chi connectivity index (χ3n) is 3.01. The Morgan fingerprint density at radius 3 is 2.47 bits per heavy atom. The highest BCUT2D eigenvalue weighted by molar-refractivity contribution is 5.76. The van der Waals surface area contributed by atoms with Crippen LogP contribution in [0.15, 0.2) is 30.3 Å². The molecule has 0 aliphatic rings. The van der Waals surface area contributed by atoms with Crippen LogP contribution >= 0.6 is 0 Å². The van der Waals surface area contributed by atoms with Crippen LogP contribution in [0, 0.1) is 5.92 Å². The molecule has 3 nitrogen and oxygen atoms in total. The summed E-state index contributed by atoms with van der Waals surface area (Å²) in [6.07, 6.45) is 1.80. The fraction of sp³-hybridized carbons (Fsp3) is 0.429. The maximum atomic E-state index is 11.7. The van der Waals surface area contributed by atoms with Crippen LogP contribution < -0.4 is 0 Å². The predicted octanol–water partition coefficient (Wildman–Crippen LogP) is 2.56. The number of benzene rings is 1. The van der Waals surface area contributed by atoms with Gasteiger partial charge >= 0.3 is 5.97 Å². The molecule has 1 unspecified atom stereocenters. The Morgan fingerprint density at radius 2 is 2.00 bits per heavy atom. The standard InChI is InChI=1S/C14H18O3/c1-3-12(11-7-5-4-6-8-11)13(9-10-15)14(16)17-2/h4-8,10,12-13H,3,9H2,1-2H3/t12?,13-/m0/s1. The molecule has 0 N–H and O–H groups in total. The summed E-state index contributed by atoms with van der Waals surface area (Å²) in [5, 5.41) is 0. The van der Waals surface area contributed by atoms with Gasteiger partial charge in [-0.05, 0) is 17.9 Å². The summed E-state index contributed by atoms with van der Waals surface area (Å²) in [4.78, 5) is 22.4. The van der Waals surface area contributed by atoms with Crippen LogP contribution in [-0.2, 0) is 14.3 Å².